The van der Waals surface area contributed by atoms with Gasteiger partial charge in [-0.3, -0.25) is 4.79 Å². The number of likely N-dealkylation sites (tertiary alicyclic amines) is 1. The van der Waals surface area contributed by atoms with E-state index in [0.29, 0.717) is 6.54 Å². The molecule has 17 heavy (non-hydrogen) atoms. The molecule has 0 aliphatic carbocycles. The third-order valence-electron chi connectivity index (χ3n) is 4.08. The average Bonchev–Trinajstić information content (AvgIpc) is 2.27. The Hall–Kier alpha value is -0.610. The molecule has 2 rings (SSSR count). The summed E-state index contributed by atoms with van der Waals surface area (Å²) in [5.74, 6) is 0.174. The van der Waals surface area contributed by atoms with Crippen molar-refractivity contribution in [3.63, 3.8) is 0 Å². The summed E-state index contributed by atoms with van der Waals surface area (Å²) in [6.45, 7) is 6.54. The predicted octanol–water partition coefficient (Wildman–Crippen LogP) is 0.748. The molecule has 0 radical (unpaired) electrons. The molecule has 2 aliphatic rings. The van der Waals surface area contributed by atoms with E-state index in [1.165, 1.54) is 0 Å². The third-order valence-corrected chi connectivity index (χ3v) is 4.08. The van der Waals surface area contributed by atoms with E-state index in [0.717, 1.165) is 38.8 Å². The normalized spacial score (nSPS) is 33.5. The number of aliphatic hydroxyl groups excluding tert-OH is 1. The minimum Gasteiger partial charge on any atom is -0.391 e. The van der Waals surface area contributed by atoms with Crippen molar-refractivity contribution < 1.29 is 9.90 Å². The van der Waals surface area contributed by atoms with E-state index in [2.05, 4.69) is 19.2 Å². The van der Waals surface area contributed by atoms with Crippen LogP contribution in [-0.2, 0) is 4.79 Å². The monoisotopic (exact) mass is 240 g/mol. The Morgan fingerprint density at radius 1 is 1.41 bits per heavy atom. The second kappa shape index (κ2) is 4.94. The first-order valence-corrected chi connectivity index (χ1v) is 6.71. The Morgan fingerprint density at radius 3 is 2.82 bits per heavy atom. The first-order valence-electron chi connectivity index (χ1n) is 6.71. The topological polar surface area (TPSA) is 52.6 Å². The van der Waals surface area contributed by atoms with E-state index in [9.17, 15) is 9.90 Å². The third kappa shape index (κ3) is 2.80. The highest BCUT2D eigenvalue weighted by molar-refractivity contribution is 5.83. The molecule has 4 heteroatoms. The molecular formula is C13H24N2O2. The van der Waals surface area contributed by atoms with Crippen molar-refractivity contribution in [3.05, 3.63) is 0 Å². The number of amides is 1. The molecule has 0 aromatic heterocycles. The molecule has 0 aromatic rings. The molecule has 4 nitrogen and oxygen atoms in total. The number of piperidine rings is 2. The molecule has 2 N–H and O–H groups in total. The number of β-amino-alcohol motifs (C(OH)–C–C–N with tert-alkyl or cyclic N) is 1. The maximum Gasteiger partial charge on any atom is 0.240 e. The van der Waals surface area contributed by atoms with Crippen molar-refractivity contribution in [2.75, 3.05) is 19.6 Å². The van der Waals surface area contributed by atoms with Gasteiger partial charge in [0.05, 0.1) is 12.1 Å². The maximum absolute atomic E-state index is 12.5. The number of carbonyl (C=O) groups is 1. The fourth-order valence-corrected chi connectivity index (χ4v) is 2.97. The van der Waals surface area contributed by atoms with Gasteiger partial charge in [-0.15, -0.1) is 0 Å². The Bertz CT molecular complexity index is 291. The van der Waals surface area contributed by atoms with E-state index in [1.807, 2.05) is 4.90 Å². The van der Waals surface area contributed by atoms with Crippen LogP contribution in [0.3, 0.4) is 0 Å². The molecule has 2 aliphatic heterocycles. The van der Waals surface area contributed by atoms with Crippen LogP contribution in [0, 0.1) is 5.41 Å². The van der Waals surface area contributed by atoms with Crippen molar-refractivity contribution >= 4 is 5.91 Å². The second-order valence-corrected chi connectivity index (χ2v) is 6.06. The second-order valence-electron chi connectivity index (χ2n) is 6.06. The van der Waals surface area contributed by atoms with Gasteiger partial charge in [-0.25, -0.2) is 0 Å². The summed E-state index contributed by atoms with van der Waals surface area (Å²) >= 11 is 0. The zero-order valence-corrected chi connectivity index (χ0v) is 10.9. The lowest BCUT2D eigenvalue weighted by Gasteiger charge is -2.42. The molecule has 2 fully saturated rings. The van der Waals surface area contributed by atoms with Crippen LogP contribution >= 0.6 is 0 Å². The molecule has 2 saturated heterocycles. The number of rotatable bonds is 1. The van der Waals surface area contributed by atoms with Crippen LogP contribution in [0.25, 0.3) is 0 Å². The van der Waals surface area contributed by atoms with Crippen LogP contribution in [0.2, 0.25) is 0 Å². The maximum atomic E-state index is 12.5. The highest BCUT2D eigenvalue weighted by atomic mass is 16.3. The van der Waals surface area contributed by atoms with Gasteiger partial charge < -0.3 is 15.3 Å². The van der Waals surface area contributed by atoms with Gasteiger partial charge in [-0.1, -0.05) is 13.8 Å². The van der Waals surface area contributed by atoms with Gasteiger partial charge in [0.25, 0.3) is 0 Å². The van der Waals surface area contributed by atoms with Crippen molar-refractivity contribution in [2.24, 2.45) is 5.41 Å². The van der Waals surface area contributed by atoms with Crippen LogP contribution in [0.15, 0.2) is 0 Å². The first kappa shape index (κ1) is 12.8. The highest BCUT2D eigenvalue weighted by Crippen LogP contribution is 2.31. The average molecular weight is 240 g/mol. The van der Waals surface area contributed by atoms with Gasteiger partial charge in [0.15, 0.2) is 0 Å². The summed E-state index contributed by atoms with van der Waals surface area (Å²) in [5.41, 5.74) is 0.0255. The molecule has 98 valence electrons. The van der Waals surface area contributed by atoms with Crippen LogP contribution in [0.5, 0.6) is 0 Å². The summed E-state index contributed by atoms with van der Waals surface area (Å²) in [6, 6.07) is -0.0819. The quantitative estimate of drug-likeness (QED) is 0.711. The molecule has 2 unspecified atom stereocenters. The Labute approximate surface area is 103 Å². The molecule has 0 spiro atoms. The fourth-order valence-electron chi connectivity index (χ4n) is 2.97. The van der Waals surface area contributed by atoms with Crippen molar-refractivity contribution in [1.82, 2.24) is 10.2 Å². The standard InChI is InChI=1S/C13H24N2O2/c1-13(2)6-4-7-14-11(13)12(17)15-8-3-5-10(16)9-15/h10-11,14,16H,3-9H2,1-2H3. The number of carbonyl (C=O) groups excluding carboxylic acids is 1. The van der Waals surface area contributed by atoms with Crippen molar-refractivity contribution in [3.8, 4) is 0 Å². The van der Waals surface area contributed by atoms with Gasteiger partial charge in [-0.2, -0.15) is 0 Å². The van der Waals surface area contributed by atoms with Gasteiger partial charge in [0, 0.05) is 13.1 Å². The molecule has 0 saturated carbocycles. The van der Waals surface area contributed by atoms with E-state index >= 15 is 0 Å². The fraction of sp³-hybridized carbons (Fsp3) is 0.923. The van der Waals surface area contributed by atoms with Gasteiger partial charge in [-0.05, 0) is 37.6 Å². The minimum atomic E-state index is -0.334. The lowest BCUT2D eigenvalue weighted by Crippen LogP contribution is -2.58. The van der Waals surface area contributed by atoms with Gasteiger partial charge in [0.1, 0.15) is 0 Å². The molecule has 2 heterocycles. The van der Waals surface area contributed by atoms with E-state index in [1.54, 1.807) is 0 Å². The van der Waals surface area contributed by atoms with Crippen LogP contribution in [0.4, 0.5) is 0 Å². The SMILES string of the molecule is CC1(C)CCCNC1C(=O)N1CCCC(O)C1. The number of hydrogen-bond acceptors (Lipinski definition) is 3. The summed E-state index contributed by atoms with van der Waals surface area (Å²) in [4.78, 5) is 14.3. The largest absolute Gasteiger partial charge is 0.391 e. The number of hydrogen-bond donors (Lipinski definition) is 2. The number of aliphatic hydroxyl groups is 1. The summed E-state index contributed by atoms with van der Waals surface area (Å²) in [7, 11) is 0. The van der Waals surface area contributed by atoms with Crippen LogP contribution in [-0.4, -0.2) is 47.7 Å². The van der Waals surface area contributed by atoms with E-state index in [-0.39, 0.29) is 23.5 Å². The van der Waals surface area contributed by atoms with Crippen LogP contribution in [0.1, 0.15) is 39.5 Å². The lowest BCUT2D eigenvalue weighted by atomic mass is 9.77. The van der Waals surface area contributed by atoms with Crippen molar-refractivity contribution in [2.45, 2.75) is 51.7 Å². The van der Waals surface area contributed by atoms with E-state index in [4.69, 9.17) is 0 Å². The van der Waals surface area contributed by atoms with E-state index < -0.39 is 0 Å². The molecular weight excluding hydrogens is 216 g/mol. The van der Waals surface area contributed by atoms with Crippen LogP contribution < -0.4 is 5.32 Å². The zero-order valence-electron chi connectivity index (χ0n) is 10.9. The van der Waals surface area contributed by atoms with Crippen molar-refractivity contribution in [1.29, 1.82) is 0 Å². The predicted molar refractivity (Wildman–Crippen MR) is 66.6 cm³/mol. The Balaban J connectivity index is 2.02. The minimum absolute atomic E-state index is 0.0255. The summed E-state index contributed by atoms with van der Waals surface area (Å²) in [5, 5.41) is 13.0. The lowest BCUT2D eigenvalue weighted by molar-refractivity contribution is -0.140. The Morgan fingerprint density at radius 2 is 2.18 bits per heavy atom. The molecule has 0 aromatic carbocycles. The molecule has 0 bridgehead atoms. The molecule has 1 amide bonds. The number of nitrogens with one attached hydrogen (secondary N) is 1. The smallest absolute Gasteiger partial charge is 0.240 e. The Kier molecular flexibility index (Phi) is 3.73. The first-order chi connectivity index (χ1) is 8.00. The van der Waals surface area contributed by atoms with Gasteiger partial charge >= 0.3 is 0 Å². The summed E-state index contributed by atoms with van der Waals surface area (Å²) < 4.78 is 0. The van der Waals surface area contributed by atoms with Gasteiger partial charge in [0.2, 0.25) is 5.91 Å². The summed E-state index contributed by atoms with van der Waals surface area (Å²) in [6.07, 6.45) is 3.64. The number of nitrogens with zero attached hydrogens (tertiary/aromatic N) is 1. The highest BCUT2D eigenvalue weighted by Gasteiger charge is 2.39. The molecule has 2 atom stereocenters. The zero-order chi connectivity index (χ0) is 12.5.